The Kier molecular flexibility index (Phi) is 4.92. The summed E-state index contributed by atoms with van der Waals surface area (Å²) >= 11 is 0. The molecule has 0 aliphatic carbocycles. The minimum absolute atomic E-state index is 0.0582. The molecule has 0 unspecified atom stereocenters. The number of methoxy groups -OCH3 is 1. The number of amides is 1. The monoisotopic (exact) mass is 382 g/mol. The maximum atomic E-state index is 13.9. The fourth-order valence-corrected chi connectivity index (χ4v) is 3.18. The van der Waals surface area contributed by atoms with Crippen LogP contribution in [0.4, 0.5) is 10.1 Å². The maximum absolute atomic E-state index is 13.9. The van der Waals surface area contributed by atoms with Crippen molar-refractivity contribution < 1.29 is 18.3 Å². The van der Waals surface area contributed by atoms with Crippen molar-refractivity contribution in [2.24, 2.45) is 0 Å². The second-order valence-electron chi connectivity index (χ2n) is 6.37. The van der Waals surface area contributed by atoms with Gasteiger partial charge in [-0.15, -0.1) is 10.2 Å². The summed E-state index contributed by atoms with van der Waals surface area (Å²) in [6, 6.07) is 13.8. The number of hydrogen-bond acceptors (Lipinski definition) is 6. The van der Waals surface area contributed by atoms with Crippen LogP contribution in [0, 0.1) is 5.82 Å². The Labute approximate surface area is 161 Å². The van der Waals surface area contributed by atoms with Crippen LogP contribution >= 0.6 is 0 Å². The van der Waals surface area contributed by atoms with E-state index < -0.39 is 0 Å². The molecular formula is C20H19FN4O3. The molecule has 1 aromatic heterocycles. The Balaban J connectivity index is 1.43. The second kappa shape index (κ2) is 7.67. The van der Waals surface area contributed by atoms with Gasteiger partial charge in [-0.25, -0.2) is 4.39 Å². The minimum atomic E-state index is -0.324. The van der Waals surface area contributed by atoms with Crippen LogP contribution in [0.15, 0.2) is 52.9 Å². The van der Waals surface area contributed by atoms with E-state index in [1.807, 2.05) is 11.0 Å². The Morgan fingerprint density at radius 2 is 1.86 bits per heavy atom. The lowest BCUT2D eigenvalue weighted by Crippen LogP contribution is -2.49. The number of benzene rings is 2. The highest BCUT2D eigenvalue weighted by atomic mass is 19.1. The van der Waals surface area contributed by atoms with Crippen molar-refractivity contribution in [3.63, 3.8) is 0 Å². The van der Waals surface area contributed by atoms with Crippen LogP contribution in [0.3, 0.4) is 0 Å². The highest BCUT2D eigenvalue weighted by Crippen LogP contribution is 2.24. The molecule has 7 nitrogen and oxygen atoms in total. The zero-order valence-corrected chi connectivity index (χ0v) is 15.3. The van der Waals surface area contributed by atoms with Gasteiger partial charge in [0.15, 0.2) is 0 Å². The van der Waals surface area contributed by atoms with Crippen LogP contribution < -0.4 is 9.64 Å². The standard InChI is InChI=1S/C20H19FN4O3/c1-27-15-6-4-5-14(13-15)18-22-23-19(28-18)20(26)25-11-9-24(10-12-25)17-8-3-2-7-16(17)21/h2-8,13H,9-12H2,1H3. The van der Waals surface area contributed by atoms with Crippen molar-refractivity contribution in [1.82, 2.24) is 15.1 Å². The van der Waals surface area contributed by atoms with E-state index in [1.54, 1.807) is 48.4 Å². The topological polar surface area (TPSA) is 71.7 Å². The van der Waals surface area contributed by atoms with Gasteiger partial charge in [-0.3, -0.25) is 4.79 Å². The zero-order valence-electron chi connectivity index (χ0n) is 15.3. The van der Waals surface area contributed by atoms with Gasteiger partial charge in [-0.05, 0) is 30.3 Å². The van der Waals surface area contributed by atoms with Crippen molar-refractivity contribution in [1.29, 1.82) is 0 Å². The normalized spacial score (nSPS) is 14.2. The van der Waals surface area contributed by atoms with E-state index in [4.69, 9.17) is 9.15 Å². The molecule has 0 radical (unpaired) electrons. The Bertz CT molecular complexity index is 983. The third kappa shape index (κ3) is 3.53. The first-order chi connectivity index (χ1) is 13.7. The molecule has 1 aliphatic rings. The average molecular weight is 382 g/mol. The minimum Gasteiger partial charge on any atom is -0.497 e. The summed E-state index contributed by atoms with van der Waals surface area (Å²) in [5.41, 5.74) is 1.22. The molecule has 2 aromatic carbocycles. The molecule has 0 spiro atoms. The zero-order chi connectivity index (χ0) is 19.5. The van der Waals surface area contributed by atoms with Gasteiger partial charge in [-0.2, -0.15) is 0 Å². The Morgan fingerprint density at radius 1 is 1.07 bits per heavy atom. The summed E-state index contributed by atoms with van der Waals surface area (Å²) in [5.74, 6) is 0.272. The number of hydrogen-bond donors (Lipinski definition) is 0. The van der Waals surface area contributed by atoms with Gasteiger partial charge in [0.05, 0.1) is 12.8 Å². The van der Waals surface area contributed by atoms with Gasteiger partial charge in [0.25, 0.3) is 0 Å². The average Bonchev–Trinajstić information content (AvgIpc) is 3.24. The van der Waals surface area contributed by atoms with Crippen LogP contribution in [0.5, 0.6) is 5.75 Å². The third-order valence-corrected chi connectivity index (χ3v) is 4.68. The number of rotatable bonds is 4. The molecule has 1 saturated heterocycles. The van der Waals surface area contributed by atoms with Crippen molar-refractivity contribution in [3.8, 4) is 17.2 Å². The van der Waals surface area contributed by atoms with Gasteiger partial charge in [0.2, 0.25) is 5.89 Å². The number of para-hydroxylation sites is 1. The fourth-order valence-electron chi connectivity index (χ4n) is 3.18. The molecule has 2 heterocycles. The molecule has 28 heavy (non-hydrogen) atoms. The van der Waals surface area contributed by atoms with Gasteiger partial charge in [0, 0.05) is 31.7 Å². The first-order valence-electron chi connectivity index (χ1n) is 8.92. The molecule has 1 aliphatic heterocycles. The molecule has 144 valence electrons. The second-order valence-corrected chi connectivity index (χ2v) is 6.37. The molecule has 0 N–H and O–H groups in total. The summed E-state index contributed by atoms with van der Waals surface area (Å²) in [6.07, 6.45) is 0. The van der Waals surface area contributed by atoms with Crippen molar-refractivity contribution in [2.75, 3.05) is 38.2 Å². The highest BCUT2D eigenvalue weighted by Gasteiger charge is 2.27. The van der Waals surface area contributed by atoms with Crippen LogP contribution in [0.2, 0.25) is 0 Å². The molecule has 1 amide bonds. The van der Waals surface area contributed by atoms with E-state index in [0.717, 1.165) is 0 Å². The summed E-state index contributed by atoms with van der Waals surface area (Å²) in [5, 5.41) is 7.86. The molecule has 1 fully saturated rings. The number of aromatic nitrogens is 2. The quantitative estimate of drug-likeness (QED) is 0.691. The molecule has 4 rings (SSSR count). The van der Waals surface area contributed by atoms with E-state index >= 15 is 0 Å². The summed E-state index contributed by atoms with van der Waals surface area (Å²) in [6.45, 7) is 1.96. The number of carbonyl (C=O) groups is 1. The first-order valence-corrected chi connectivity index (χ1v) is 8.92. The Hall–Kier alpha value is -3.42. The molecule has 0 bridgehead atoms. The predicted molar refractivity (Wildman–Crippen MR) is 101 cm³/mol. The highest BCUT2D eigenvalue weighted by molar-refractivity contribution is 5.90. The van der Waals surface area contributed by atoms with Crippen molar-refractivity contribution in [2.45, 2.75) is 0 Å². The van der Waals surface area contributed by atoms with Crippen LogP contribution in [-0.2, 0) is 0 Å². The summed E-state index contributed by atoms with van der Waals surface area (Å²) in [7, 11) is 1.57. The van der Waals surface area contributed by atoms with Gasteiger partial charge in [-0.1, -0.05) is 18.2 Å². The number of anilines is 1. The molecule has 3 aromatic rings. The lowest BCUT2D eigenvalue weighted by molar-refractivity contribution is 0.0707. The Morgan fingerprint density at radius 3 is 2.61 bits per heavy atom. The van der Waals surface area contributed by atoms with Crippen molar-refractivity contribution in [3.05, 3.63) is 60.2 Å². The predicted octanol–water partition coefficient (Wildman–Crippen LogP) is 2.85. The number of halogens is 1. The number of piperazine rings is 1. The summed E-state index contributed by atoms with van der Waals surface area (Å²) in [4.78, 5) is 16.3. The van der Waals surface area contributed by atoms with E-state index in [9.17, 15) is 9.18 Å². The number of ether oxygens (including phenoxy) is 1. The lowest BCUT2D eigenvalue weighted by Gasteiger charge is -2.35. The van der Waals surface area contributed by atoms with Crippen LogP contribution in [0.1, 0.15) is 10.7 Å². The fraction of sp³-hybridized carbons (Fsp3) is 0.250. The van der Waals surface area contributed by atoms with Crippen molar-refractivity contribution >= 4 is 11.6 Å². The van der Waals surface area contributed by atoms with Gasteiger partial charge in [0.1, 0.15) is 11.6 Å². The molecule has 0 atom stereocenters. The largest absolute Gasteiger partial charge is 0.497 e. The maximum Gasteiger partial charge on any atom is 0.311 e. The van der Waals surface area contributed by atoms with E-state index in [0.29, 0.717) is 43.2 Å². The summed E-state index contributed by atoms with van der Waals surface area (Å²) < 4.78 is 24.7. The number of nitrogens with zero attached hydrogens (tertiary/aromatic N) is 4. The van der Waals surface area contributed by atoms with E-state index in [2.05, 4.69) is 10.2 Å². The lowest BCUT2D eigenvalue weighted by atomic mass is 10.2. The first kappa shape index (κ1) is 18.0. The van der Waals surface area contributed by atoms with Gasteiger partial charge < -0.3 is 19.0 Å². The van der Waals surface area contributed by atoms with Gasteiger partial charge >= 0.3 is 11.8 Å². The number of carbonyl (C=O) groups excluding carboxylic acids is 1. The molecule has 0 saturated carbocycles. The molecule has 8 heteroatoms. The van der Waals surface area contributed by atoms with E-state index in [-0.39, 0.29) is 23.5 Å². The molecular weight excluding hydrogens is 363 g/mol. The third-order valence-electron chi connectivity index (χ3n) is 4.68. The smallest absolute Gasteiger partial charge is 0.311 e. The van der Waals surface area contributed by atoms with E-state index in [1.165, 1.54) is 6.07 Å². The SMILES string of the molecule is COc1cccc(-c2nnc(C(=O)N3CCN(c4ccccc4F)CC3)o2)c1. The van der Waals surface area contributed by atoms with Crippen LogP contribution in [-0.4, -0.2) is 54.3 Å². The van der Waals surface area contributed by atoms with Crippen LogP contribution in [0.25, 0.3) is 11.5 Å².